The number of hydrogen-bond donors (Lipinski definition) is 0. The van der Waals surface area contributed by atoms with Crippen molar-refractivity contribution in [2.45, 2.75) is 30.5 Å². The van der Waals surface area contributed by atoms with Crippen LogP contribution in [0.5, 0.6) is 0 Å². The minimum atomic E-state index is -3.55. The van der Waals surface area contributed by atoms with E-state index in [2.05, 4.69) is 21.0 Å². The topological polar surface area (TPSA) is 92.6 Å². The number of carbonyl (C=O) groups excluding carboxylic acids is 1. The summed E-state index contributed by atoms with van der Waals surface area (Å²) in [6.45, 7) is 3.49. The normalized spacial score (nSPS) is 15.7. The Labute approximate surface area is 175 Å². The molecule has 0 N–H and O–H groups in total. The lowest BCUT2D eigenvalue weighted by atomic mass is 10.3. The molecule has 152 valence electrons. The van der Waals surface area contributed by atoms with E-state index in [0.29, 0.717) is 6.54 Å². The molecule has 0 atom stereocenters. The molecule has 0 radical (unpaired) electrons. The van der Waals surface area contributed by atoms with Crippen LogP contribution in [-0.2, 0) is 16.6 Å². The molecule has 0 spiro atoms. The zero-order valence-electron chi connectivity index (χ0n) is 15.4. The third-order valence-electron chi connectivity index (χ3n) is 4.48. The van der Waals surface area contributed by atoms with Gasteiger partial charge in [0, 0.05) is 38.8 Å². The van der Waals surface area contributed by atoms with Crippen LogP contribution in [0.4, 0.5) is 0 Å². The van der Waals surface area contributed by atoms with Crippen molar-refractivity contribution in [2.24, 2.45) is 0 Å². The van der Waals surface area contributed by atoms with Gasteiger partial charge in [0.1, 0.15) is 9.90 Å². The maximum atomic E-state index is 12.7. The second-order valence-corrected chi connectivity index (χ2v) is 11.0. The molecule has 8 nitrogen and oxygen atoms in total. The summed E-state index contributed by atoms with van der Waals surface area (Å²) in [7, 11) is -3.55. The van der Waals surface area contributed by atoms with Crippen molar-refractivity contribution in [2.75, 3.05) is 26.2 Å². The van der Waals surface area contributed by atoms with Crippen LogP contribution in [0.2, 0.25) is 0 Å². The van der Waals surface area contributed by atoms with E-state index in [9.17, 15) is 18.0 Å². The smallest absolute Gasteiger partial charge is 0.274 e. The van der Waals surface area contributed by atoms with Crippen LogP contribution in [0, 0.1) is 0 Å². The molecule has 11 heteroatoms. The molecule has 1 saturated heterocycles. The maximum Gasteiger partial charge on any atom is 0.274 e. The summed E-state index contributed by atoms with van der Waals surface area (Å²) in [5.41, 5.74) is -0.0304. The van der Waals surface area contributed by atoms with Crippen molar-refractivity contribution in [3.8, 4) is 0 Å². The van der Waals surface area contributed by atoms with Gasteiger partial charge in [-0.05, 0) is 40.5 Å². The lowest BCUT2D eigenvalue weighted by molar-refractivity contribution is 0.0689. The van der Waals surface area contributed by atoms with Gasteiger partial charge in [-0.15, -0.1) is 11.3 Å². The summed E-state index contributed by atoms with van der Waals surface area (Å²) in [5.74, 6) is -0.291. The van der Waals surface area contributed by atoms with E-state index in [0.717, 1.165) is 16.6 Å². The summed E-state index contributed by atoms with van der Waals surface area (Å²) >= 11 is 4.45. The standard InChI is InChI=1S/C17H21BrN4O4S2/c1-2-3-8-22-15(23)6-4-13(19-22)17(24)20-9-11-21(12-10-20)28(25,26)16-7-5-14(18)27-16/h4-7H,2-3,8-12H2,1H3. The second kappa shape index (κ2) is 8.85. The maximum absolute atomic E-state index is 12.7. The zero-order chi connectivity index (χ0) is 20.3. The summed E-state index contributed by atoms with van der Waals surface area (Å²) in [4.78, 5) is 26.2. The molecular formula is C17H21BrN4O4S2. The number of unbranched alkanes of at least 4 members (excludes halogenated alkanes) is 1. The molecule has 0 saturated carbocycles. The molecule has 1 fully saturated rings. The summed E-state index contributed by atoms with van der Waals surface area (Å²) in [6, 6.07) is 6.06. The summed E-state index contributed by atoms with van der Waals surface area (Å²) in [5, 5.41) is 4.18. The van der Waals surface area contributed by atoms with Crippen molar-refractivity contribution in [1.82, 2.24) is 19.0 Å². The fraction of sp³-hybridized carbons (Fsp3) is 0.471. The number of halogens is 1. The number of nitrogens with zero attached hydrogens (tertiary/aromatic N) is 4. The first kappa shape index (κ1) is 21.2. The fourth-order valence-electron chi connectivity index (χ4n) is 2.89. The van der Waals surface area contributed by atoms with Crippen LogP contribution in [0.15, 0.2) is 37.1 Å². The van der Waals surface area contributed by atoms with Gasteiger partial charge >= 0.3 is 0 Å². The van der Waals surface area contributed by atoms with Crippen molar-refractivity contribution < 1.29 is 13.2 Å². The number of rotatable bonds is 6. The highest BCUT2D eigenvalue weighted by atomic mass is 79.9. The van der Waals surface area contributed by atoms with Crippen LogP contribution < -0.4 is 5.56 Å². The van der Waals surface area contributed by atoms with Gasteiger partial charge in [-0.2, -0.15) is 9.40 Å². The molecule has 1 aliphatic heterocycles. The van der Waals surface area contributed by atoms with E-state index >= 15 is 0 Å². The van der Waals surface area contributed by atoms with Gasteiger partial charge in [0.15, 0.2) is 0 Å². The molecule has 28 heavy (non-hydrogen) atoms. The van der Waals surface area contributed by atoms with Crippen LogP contribution in [0.1, 0.15) is 30.3 Å². The molecular weight excluding hydrogens is 468 g/mol. The van der Waals surface area contributed by atoms with Gasteiger partial charge < -0.3 is 4.90 Å². The second-order valence-electron chi connectivity index (χ2n) is 6.39. The van der Waals surface area contributed by atoms with E-state index < -0.39 is 10.0 Å². The lowest BCUT2D eigenvalue weighted by Crippen LogP contribution is -2.50. The molecule has 3 heterocycles. The van der Waals surface area contributed by atoms with Gasteiger partial charge in [-0.3, -0.25) is 9.59 Å². The van der Waals surface area contributed by atoms with E-state index in [-0.39, 0.29) is 47.5 Å². The van der Waals surface area contributed by atoms with E-state index in [1.807, 2.05) is 6.92 Å². The van der Waals surface area contributed by atoms with Crippen molar-refractivity contribution in [1.29, 1.82) is 0 Å². The highest BCUT2D eigenvalue weighted by Gasteiger charge is 2.31. The van der Waals surface area contributed by atoms with Crippen molar-refractivity contribution in [3.05, 3.63) is 44.1 Å². The Kier molecular flexibility index (Phi) is 6.69. The first-order valence-corrected chi connectivity index (χ1v) is 12.0. The van der Waals surface area contributed by atoms with Crippen LogP contribution in [0.25, 0.3) is 0 Å². The van der Waals surface area contributed by atoms with E-state index in [1.165, 1.54) is 32.5 Å². The first-order valence-electron chi connectivity index (χ1n) is 8.96. The molecule has 0 aliphatic carbocycles. The Balaban J connectivity index is 1.68. The molecule has 2 aromatic rings. The Morgan fingerprint density at radius 2 is 1.89 bits per heavy atom. The quantitative estimate of drug-likeness (QED) is 0.619. The highest BCUT2D eigenvalue weighted by Crippen LogP contribution is 2.29. The SMILES string of the molecule is CCCCn1nc(C(=O)N2CCN(S(=O)(=O)c3ccc(Br)s3)CC2)ccc1=O. The van der Waals surface area contributed by atoms with Gasteiger partial charge in [0.05, 0.1) is 3.79 Å². The molecule has 0 bridgehead atoms. The molecule has 0 aromatic carbocycles. The van der Waals surface area contributed by atoms with E-state index in [4.69, 9.17) is 0 Å². The van der Waals surface area contributed by atoms with Crippen LogP contribution in [0.3, 0.4) is 0 Å². The lowest BCUT2D eigenvalue weighted by Gasteiger charge is -2.33. The number of aromatic nitrogens is 2. The number of amides is 1. The summed E-state index contributed by atoms with van der Waals surface area (Å²) < 4.78 is 29.1. The molecule has 1 aliphatic rings. The van der Waals surface area contributed by atoms with Crippen molar-refractivity contribution >= 4 is 43.2 Å². The minimum absolute atomic E-state index is 0.203. The molecule has 3 rings (SSSR count). The average Bonchev–Trinajstić information content (AvgIpc) is 3.14. The average molecular weight is 489 g/mol. The number of aryl methyl sites for hydroxylation is 1. The number of thiophene rings is 1. The Bertz CT molecular complexity index is 1010. The van der Waals surface area contributed by atoms with Gasteiger partial charge in [0.25, 0.3) is 21.5 Å². The molecule has 1 amide bonds. The van der Waals surface area contributed by atoms with Gasteiger partial charge in [0.2, 0.25) is 0 Å². The number of piperazine rings is 1. The fourth-order valence-corrected chi connectivity index (χ4v) is 6.47. The number of hydrogen-bond acceptors (Lipinski definition) is 6. The predicted molar refractivity (Wildman–Crippen MR) is 110 cm³/mol. The number of sulfonamides is 1. The predicted octanol–water partition coefficient (Wildman–Crippen LogP) is 2.01. The molecule has 2 aromatic heterocycles. The Hall–Kier alpha value is -1.56. The third-order valence-corrected chi connectivity index (χ3v) is 8.47. The van der Waals surface area contributed by atoms with Gasteiger partial charge in [-0.25, -0.2) is 13.1 Å². The highest BCUT2D eigenvalue weighted by molar-refractivity contribution is 9.11. The van der Waals surface area contributed by atoms with Crippen molar-refractivity contribution in [3.63, 3.8) is 0 Å². The largest absolute Gasteiger partial charge is 0.335 e. The Morgan fingerprint density at radius 3 is 2.50 bits per heavy atom. The third kappa shape index (κ3) is 4.53. The Morgan fingerprint density at radius 1 is 1.18 bits per heavy atom. The van der Waals surface area contributed by atoms with E-state index in [1.54, 1.807) is 17.0 Å². The minimum Gasteiger partial charge on any atom is -0.335 e. The number of carbonyl (C=O) groups is 1. The molecule has 0 unspecified atom stereocenters. The monoisotopic (exact) mass is 488 g/mol. The van der Waals surface area contributed by atoms with Gasteiger partial charge in [-0.1, -0.05) is 13.3 Å². The summed E-state index contributed by atoms with van der Waals surface area (Å²) in [6.07, 6.45) is 1.73. The van der Waals surface area contributed by atoms with Crippen LogP contribution >= 0.6 is 27.3 Å². The van der Waals surface area contributed by atoms with Crippen LogP contribution in [-0.4, -0.2) is 59.5 Å². The first-order chi connectivity index (χ1) is 13.3. The zero-order valence-corrected chi connectivity index (χ0v) is 18.6.